The maximum atomic E-state index is 12.2. The van der Waals surface area contributed by atoms with Gasteiger partial charge in [0.2, 0.25) is 0 Å². The van der Waals surface area contributed by atoms with Crippen LogP contribution in [0.2, 0.25) is 0 Å². The van der Waals surface area contributed by atoms with Crippen molar-refractivity contribution in [2.45, 2.75) is 33.1 Å². The molecule has 0 spiro atoms. The van der Waals surface area contributed by atoms with Crippen molar-refractivity contribution in [2.75, 3.05) is 11.9 Å². The van der Waals surface area contributed by atoms with Gasteiger partial charge in [0.15, 0.2) is 6.61 Å². The molecule has 1 aromatic carbocycles. The Morgan fingerprint density at radius 1 is 1.27 bits per heavy atom. The lowest BCUT2D eigenvalue weighted by atomic mass is 10.1. The minimum absolute atomic E-state index is 0.233. The van der Waals surface area contributed by atoms with Gasteiger partial charge in [-0.2, -0.15) is 5.10 Å². The Morgan fingerprint density at radius 3 is 2.73 bits per heavy atom. The topological polar surface area (TPSA) is 73.2 Å². The fourth-order valence-electron chi connectivity index (χ4n) is 2.93. The van der Waals surface area contributed by atoms with Crippen LogP contribution < -0.4 is 5.32 Å². The fourth-order valence-corrected chi connectivity index (χ4v) is 2.93. The number of allylic oxidation sites excluding steroid dienone is 2. The molecule has 1 N–H and O–H groups in total. The first-order valence-electron chi connectivity index (χ1n) is 8.77. The van der Waals surface area contributed by atoms with E-state index in [1.807, 2.05) is 44.2 Å². The Labute approximate surface area is 152 Å². The van der Waals surface area contributed by atoms with Crippen LogP contribution in [-0.2, 0) is 14.3 Å². The maximum Gasteiger partial charge on any atom is 0.306 e. The molecule has 26 heavy (non-hydrogen) atoms. The summed E-state index contributed by atoms with van der Waals surface area (Å²) in [6.07, 6.45) is 6.39. The number of anilines is 1. The minimum atomic E-state index is -0.381. The molecule has 2 aromatic rings. The van der Waals surface area contributed by atoms with E-state index in [1.54, 1.807) is 10.7 Å². The molecular weight excluding hydrogens is 330 g/mol. The first kappa shape index (κ1) is 17.9. The Kier molecular flexibility index (Phi) is 5.51. The van der Waals surface area contributed by atoms with Crippen LogP contribution in [0.15, 0.2) is 42.5 Å². The lowest BCUT2D eigenvalue weighted by Crippen LogP contribution is -2.23. The third-order valence-electron chi connectivity index (χ3n) is 4.28. The number of rotatable bonds is 6. The number of amides is 1. The van der Waals surface area contributed by atoms with Crippen LogP contribution in [0.1, 0.15) is 30.5 Å². The van der Waals surface area contributed by atoms with Crippen LogP contribution in [0.5, 0.6) is 0 Å². The molecule has 1 aromatic heterocycles. The highest BCUT2D eigenvalue weighted by molar-refractivity contribution is 5.92. The molecule has 1 aliphatic rings. The fraction of sp³-hybridized carbons (Fsp3) is 0.350. The van der Waals surface area contributed by atoms with E-state index in [2.05, 4.69) is 16.5 Å². The van der Waals surface area contributed by atoms with Crippen molar-refractivity contribution in [3.63, 3.8) is 0 Å². The highest BCUT2D eigenvalue weighted by Crippen LogP contribution is 2.21. The molecule has 0 radical (unpaired) electrons. The lowest BCUT2D eigenvalue weighted by Gasteiger charge is -2.10. The van der Waals surface area contributed by atoms with Crippen LogP contribution in [0.25, 0.3) is 5.69 Å². The van der Waals surface area contributed by atoms with E-state index in [1.165, 1.54) is 0 Å². The summed E-state index contributed by atoms with van der Waals surface area (Å²) in [6, 6.07) is 9.62. The van der Waals surface area contributed by atoms with Crippen molar-refractivity contribution < 1.29 is 14.3 Å². The average Bonchev–Trinajstić information content (AvgIpc) is 3.23. The number of hydrogen-bond acceptors (Lipinski definition) is 4. The first-order valence-corrected chi connectivity index (χ1v) is 8.77. The van der Waals surface area contributed by atoms with Crippen molar-refractivity contribution in [1.82, 2.24) is 9.78 Å². The van der Waals surface area contributed by atoms with Gasteiger partial charge < -0.3 is 10.1 Å². The normalized spacial score (nSPS) is 15.8. The number of ether oxygens (including phenoxy) is 1. The number of aromatic nitrogens is 2. The van der Waals surface area contributed by atoms with E-state index in [4.69, 9.17) is 4.74 Å². The van der Waals surface area contributed by atoms with Crippen LogP contribution >= 0.6 is 0 Å². The molecule has 0 saturated heterocycles. The zero-order valence-electron chi connectivity index (χ0n) is 15.1. The number of nitrogens with one attached hydrogen (secondary N) is 1. The zero-order valence-corrected chi connectivity index (χ0v) is 15.1. The molecule has 6 heteroatoms. The van der Waals surface area contributed by atoms with Crippen LogP contribution in [-0.4, -0.2) is 28.3 Å². The zero-order chi connectivity index (χ0) is 18.5. The van der Waals surface area contributed by atoms with Gasteiger partial charge in [-0.15, -0.1) is 0 Å². The van der Waals surface area contributed by atoms with Crippen LogP contribution in [0, 0.1) is 19.8 Å². The largest absolute Gasteiger partial charge is 0.456 e. The molecule has 0 bridgehead atoms. The second kappa shape index (κ2) is 7.99. The lowest BCUT2D eigenvalue weighted by molar-refractivity contribution is -0.147. The standard InChI is InChI=1S/C20H23N3O3/c1-14-7-9-17(10-8-14)23-18(11-15(2)22-23)21-19(24)13-26-20(25)12-16-5-3-4-6-16/h3,5,7-11,16H,4,6,12-13H2,1-2H3,(H,21,24)/t16-/m0/s1. The van der Waals surface area contributed by atoms with E-state index in [0.717, 1.165) is 29.8 Å². The van der Waals surface area contributed by atoms with E-state index in [0.29, 0.717) is 12.2 Å². The Balaban J connectivity index is 1.58. The molecule has 0 aliphatic heterocycles. The van der Waals surface area contributed by atoms with Gasteiger partial charge in [-0.1, -0.05) is 29.8 Å². The van der Waals surface area contributed by atoms with Gasteiger partial charge in [0, 0.05) is 6.07 Å². The average molecular weight is 353 g/mol. The highest BCUT2D eigenvalue weighted by Gasteiger charge is 2.17. The van der Waals surface area contributed by atoms with Gasteiger partial charge in [-0.3, -0.25) is 9.59 Å². The Hall–Kier alpha value is -2.89. The molecule has 6 nitrogen and oxygen atoms in total. The third-order valence-corrected chi connectivity index (χ3v) is 4.28. The summed E-state index contributed by atoms with van der Waals surface area (Å²) < 4.78 is 6.76. The van der Waals surface area contributed by atoms with Crippen molar-refractivity contribution in [1.29, 1.82) is 0 Å². The SMILES string of the molecule is Cc1ccc(-n2nc(C)cc2NC(=O)COC(=O)C[C@H]2C=CCC2)cc1. The Morgan fingerprint density at radius 2 is 2.04 bits per heavy atom. The van der Waals surface area contributed by atoms with E-state index >= 15 is 0 Å². The molecule has 1 atom stereocenters. The summed E-state index contributed by atoms with van der Waals surface area (Å²) in [5, 5.41) is 7.18. The van der Waals surface area contributed by atoms with E-state index < -0.39 is 0 Å². The van der Waals surface area contributed by atoms with Gasteiger partial charge in [0.1, 0.15) is 5.82 Å². The molecule has 0 unspecified atom stereocenters. The number of hydrogen-bond donors (Lipinski definition) is 1. The quantitative estimate of drug-likeness (QED) is 0.639. The van der Waals surface area contributed by atoms with Gasteiger partial charge in [-0.25, -0.2) is 4.68 Å². The smallest absolute Gasteiger partial charge is 0.306 e. The van der Waals surface area contributed by atoms with Crippen molar-refractivity contribution in [3.8, 4) is 5.69 Å². The van der Waals surface area contributed by atoms with E-state index in [9.17, 15) is 9.59 Å². The number of aryl methyl sites for hydroxylation is 2. The molecule has 1 amide bonds. The molecule has 1 aliphatic carbocycles. The number of esters is 1. The Bertz CT molecular complexity index is 821. The number of benzene rings is 1. The first-order chi connectivity index (χ1) is 12.5. The molecular formula is C20H23N3O3. The summed E-state index contributed by atoms with van der Waals surface area (Å²) in [4.78, 5) is 24.0. The predicted molar refractivity (Wildman–Crippen MR) is 99.1 cm³/mol. The minimum Gasteiger partial charge on any atom is -0.456 e. The number of nitrogens with zero attached hydrogens (tertiary/aromatic N) is 2. The number of carbonyl (C=O) groups excluding carboxylic acids is 2. The van der Waals surface area contributed by atoms with E-state index in [-0.39, 0.29) is 24.4 Å². The van der Waals surface area contributed by atoms with Gasteiger partial charge in [0.05, 0.1) is 17.8 Å². The summed E-state index contributed by atoms with van der Waals surface area (Å²) in [6.45, 7) is 3.57. The number of carbonyl (C=O) groups is 2. The van der Waals surface area contributed by atoms with Gasteiger partial charge >= 0.3 is 5.97 Å². The molecule has 3 rings (SSSR count). The molecule has 136 valence electrons. The monoisotopic (exact) mass is 353 g/mol. The predicted octanol–water partition coefficient (Wildman–Crippen LogP) is 3.33. The molecule has 0 saturated carbocycles. The maximum absolute atomic E-state index is 12.2. The van der Waals surface area contributed by atoms with Crippen molar-refractivity contribution in [2.24, 2.45) is 5.92 Å². The van der Waals surface area contributed by atoms with Crippen molar-refractivity contribution in [3.05, 3.63) is 53.7 Å². The van der Waals surface area contributed by atoms with Crippen molar-refractivity contribution >= 4 is 17.7 Å². The summed E-state index contributed by atoms with van der Waals surface area (Å²) >= 11 is 0. The van der Waals surface area contributed by atoms with Gasteiger partial charge in [-0.05, 0) is 44.7 Å². The van der Waals surface area contributed by atoms with Crippen LogP contribution in [0.3, 0.4) is 0 Å². The highest BCUT2D eigenvalue weighted by atomic mass is 16.5. The van der Waals surface area contributed by atoms with Gasteiger partial charge in [0.25, 0.3) is 5.91 Å². The molecule has 0 fully saturated rings. The third kappa shape index (κ3) is 4.59. The molecule has 1 heterocycles. The van der Waals surface area contributed by atoms with Crippen LogP contribution in [0.4, 0.5) is 5.82 Å². The summed E-state index contributed by atoms with van der Waals surface area (Å²) in [5.41, 5.74) is 2.78. The summed E-state index contributed by atoms with van der Waals surface area (Å²) in [7, 11) is 0. The second-order valence-corrected chi connectivity index (χ2v) is 6.60. The second-order valence-electron chi connectivity index (χ2n) is 6.60. The summed E-state index contributed by atoms with van der Waals surface area (Å²) in [5.74, 6) is 0.0517.